The Hall–Kier alpha value is -0.990. The summed E-state index contributed by atoms with van der Waals surface area (Å²) in [5.41, 5.74) is -0.0694. The summed E-state index contributed by atoms with van der Waals surface area (Å²) in [5.74, 6) is -0.910. The van der Waals surface area contributed by atoms with Crippen molar-refractivity contribution in [2.75, 3.05) is 0 Å². The highest BCUT2D eigenvalue weighted by Gasteiger charge is 2.20. The molecule has 0 bridgehead atoms. The summed E-state index contributed by atoms with van der Waals surface area (Å²) in [5, 5.41) is 7.26. The molecule has 0 saturated heterocycles. The predicted octanol–water partition coefficient (Wildman–Crippen LogP) is 1.21. The van der Waals surface area contributed by atoms with E-state index in [-0.39, 0.29) is 17.3 Å². The molecule has 0 aliphatic carbocycles. The molecule has 3 heteroatoms. The maximum atomic E-state index is 10.8. The summed E-state index contributed by atoms with van der Waals surface area (Å²) < 4.78 is 0. The zero-order valence-corrected chi connectivity index (χ0v) is 7.10. The SMILES string of the molecule is CCC(C(=N)C(C)=O)C(C)=O. The van der Waals surface area contributed by atoms with Gasteiger partial charge in [-0.3, -0.25) is 9.59 Å². The van der Waals surface area contributed by atoms with Crippen LogP contribution in [0.2, 0.25) is 0 Å². The van der Waals surface area contributed by atoms with Crippen LogP contribution >= 0.6 is 0 Å². The molecule has 0 radical (unpaired) electrons. The third kappa shape index (κ3) is 2.62. The number of nitrogens with one attached hydrogen (secondary N) is 1. The van der Waals surface area contributed by atoms with Crippen molar-refractivity contribution < 1.29 is 9.59 Å². The number of ketones is 2. The topological polar surface area (TPSA) is 58.0 Å². The van der Waals surface area contributed by atoms with Crippen molar-refractivity contribution in [1.29, 1.82) is 5.41 Å². The first-order valence-corrected chi connectivity index (χ1v) is 3.60. The molecule has 0 amide bonds. The standard InChI is InChI=1S/C8H13NO2/c1-4-7(5(2)10)8(9)6(3)11/h7,9H,4H2,1-3H3. The predicted molar refractivity (Wildman–Crippen MR) is 42.9 cm³/mol. The van der Waals surface area contributed by atoms with Gasteiger partial charge in [-0.25, -0.2) is 0 Å². The lowest BCUT2D eigenvalue weighted by Crippen LogP contribution is -2.25. The van der Waals surface area contributed by atoms with Crippen molar-refractivity contribution in [2.24, 2.45) is 5.92 Å². The molecule has 0 aromatic carbocycles. The number of Topliss-reactive ketones (excluding diaryl/α,β-unsaturated/α-hetero) is 2. The lowest BCUT2D eigenvalue weighted by Gasteiger charge is -2.08. The summed E-state index contributed by atoms with van der Waals surface area (Å²) in [7, 11) is 0. The summed E-state index contributed by atoms with van der Waals surface area (Å²) in [6.07, 6.45) is 0.535. The van der Waals surface area contributed by atoms with Gasteiger partial charge in [0.15, 0.2) is 5.78 Å². The number of carbonyl (C=O) groups excluding carboxylic acids is 2. The number of carbonyl (C=O) groups is 2. The second kappa shape index (κ2) is 4.01. The largest absolute Gasteiger partial charge is 0.301 e. The average molecular weight is 155 g/mol. The Morgan fingerprint density at radius 2 is 1.82 bits per heavy atom. The fourth-order valence-corrected chi connectivity index (χ4v) is 0.940. The van der Waals surface area contributed by atoms with Crippen LogP contribution in [0.3, 0.4) is 0 Å². The first kappa shape index (κ1) is 10.0. The van der Waals surface area contributed by atoms with Crippen LogP contribution in [0.25, 0.3) is 0 Å². The van der Waals surface area contributed by atoms with Crippen molar-refractivity contribution in [3.63, 3.8) is 0 Å². The molecule has 3 nitrogen and oxygen atoms in total. The minimum absolute atomic E-state index is 0.0694. The summed E-state index contributed by atoms with van der Waals surface area (Å²) in [4.78, 5) is 21.5. The smallest absolute Gasteiger partial charge is 0.173 e. The molecule has 62 valence electrons. The molecule has 1 atom stereocenters. The van der Waals surface area contributed by atoms with Crippen molar-refractivity contribution in [3.05, 3.63) is 0 Å². The third-order valence-electron chi connectivity index (χ3n) is 1.63. The fourth-order valence-electron chi connectivity index (χ4n) is 0.940. The normalized spacial score (nSPS) is 12.3. The highest BCUT2D eigenvalue weighted by atomic mass is 16.1. The van der Waals surface area contributed by atoms with E-state index in [9.17, 15) is 9.59 Å². The quantitative estimate of drug-likeness (QED) is 0.620. The van der Waals surface area contributed by atoms with Gasteiger partial charge in [0.1, 0.15) is 5.78 Å². The maximum absolute atomic E-state index is 10.8. The molecule has 11 heavy (non-hydrogen) atoms. The van der Waals surface area contributed by atoms with Gasteiger partial charge < -0.3 is 5.41 Å². The summed E-state index contributed by atoms with van der Waals surface area (Å²) in [6, 6.07) is 0. The lowest BCUT2D eigenvalue weighted by molar-refractivity contribution is -0.120. The molecule has 0 saturated carbocycles. The van der Waals surface area contributed by atoms with Gasteiger partial charge in [0.25, 0.3) is 0 Å². The number of rotatable bonds is 4. The second-order valence-electron chi connectivity index (χ2n) is 2.54. The number of hydrogen-bond donors (Lipinski definition) is 1. The minimum atomic E-state index is -0.493. The molecule has 0 rings (SSSR count). The van der Waals surface area contributed by atoms with Crippen molar-refractivity contribution in [3.8, 4) is 0 Å². The molecular weight excluding hydrogens is 142 g/mol. The van der Waals surface area contributed by atoms with Gasteiger partial charge in [0.2, 0.25) is 0 Å². The van der Waals surface area contributed by atoms with E-state index in [0.717, 1.165) is 0 Å². The molecule has 0 aliphatic heterocycles. The Kier molecular flexibility index (Phi) is 3.65. The molecule has 0 aliphatic rings. The molecule has 0 fully saturated rings. The van der Waals surface area contributed by atoms with Gasteiger partial charge >= 0.3 is 0 Å². The van der Waals surface area contributed by atoms with Crippen molar-refractivity contribution in [1.82, 2.24) is 0 Å². The lowest BCUT2D eigenvalue weighted by atomic mass is 9.94. The summed E-state index contributed by atoms with van der Waals surface area (Å²) >= 11 is 0. The van der Waals surface area contributed by atoms with Gasteiger partial charge in [-0.15, -0.1) is 0 Å². The van der Waals surface area contributed by atoms with Gasteiger partial charge in [-0.05, 0) is 13.3 Å². The number of hydrogen-bond acceptors (Lipinski definition) is 3. The van der Waals surface area contributed by atoms with E-state index < -0.39 is 5.92 Å². The van der Waals surface area contributed by atoms with Crippen LogP contribution < -0.4 is 0 Å². The van der Waals surface area contributed by atoms with Crippen LogP contribution in [0.15, 0.2) is 0 Å². The van der Waals surface area contributed by atoms with Crippen LogP contribution in [0.1, 0.15) is 27.2 Å². The van der Waals surface area contributed by atoms with Crippen LogP contribution in [0, 0.1) is 11.3 Å². The Balaban J connectivity index is 4.39. The first-order chi connectivity index (χ1) is 5.00. The van der Waals surface area contributed by atoms with Crippen molar-refractivity contribution >= 4 is 17.3 Å². The maximum Gasteiger partial charge on any atom is 0.173 e. The van der Waals surface area contributed by atoms with E-state index >= 15 is 0 Å². The Bertz CT molecular complexity index is 196. The zero-order chi connectivity index (χ0) is 9.02. The summed E-state index contributed by atoms with van der Waals surface area (Å²) in [6.45, 7) is 4.52. The minimum Gasteiger partial charge on any atom is -0.301 e. The molecule has 1 unspecified atom stereocenters. The highest BCUT2D eigenvalue weighted by Crippen LogP contribution is 2.06. The van der Waals surface area contributed by atoms with E-state index in [0.29, 0.717) is 6.42 Å². The van der Waals surface area contributed by atoms with E-state index in [2.05, 4.69) is 0 Å². The molecule has 1 N–H and O–H groups in total. The monoisotopic (exact) mass is 155 g/mol. The highest BCUT2D eigenvalue weighted by molar-refractivity contribution is 6.41. The van der Waals surface area contributed by atoms with Gasteiger partial charge in [0, 0.05) is 6.92 Å². The van der Waals surface area contributed by atoms with E-state index in [4.69, 9.17) is 5.41 Å². The Morgan fingerprint density at radius 3 is 1.91 bits per heavy atom. The van der Waals surface area contributed by atoms with Crippen LogP contribution in [0.4, 0.5) is 0 Å². The molecule has 0 aromatic heterocycles. The molecule has 0 spiro atoms. The third-order valence-corrected chi connectivity index (χ3v) is 1.63. The van der Waals surface area contributed by atoms with E-state index in [1.807, 2.05) is 0 Å². The molecule has 0 aromatic rings. The average Bonchev–Trinajstić information content (AvgIpc) is 1.88. The van der Waals surface area contributed by atoms with Crippen LogP contribution in [-0.4, -0.2) is 17.3 Å². The van der Waals surface area contributed by atoms with Crippen molar-refractivity contribution in [2.45, 2.75) is 27.2 Å². The Labute approximate surface area is 66.3 Å². The van der Waals surface area contributed by atoms with Crippen LogP contribution in [-0.2, 0) is 9.59 Å². The molecule has 0 heterocycles. The first-order valence-electron chi connectivity index (χ1n) is 3.60. The van der Waals surface area contributed by atoms with Gasteiger partial charge in [0.05, 0.1) is 11.6 Å². The van der Waals surface area contributed by atoms with Gasteiger partial charge in [-0.2, -0.15) is 0 Å². The fraction of sp³-hybridized carbons (Fsp3) is 0.625. The zero-order valence-electron chi connectivity index (χ0n) is 7.10. The Morgan fingerprint density at radius 1 is 1.36 bits per heavy atom. The van der Waals surface area contributed by atoms with Crippen LogP contribution in [0.5, 0.6) is 0 Å². The van der Waals surface area contributed by atoms with E-state index in [1.165, 1.54) is 13.8 Å². The second-order valence-corrected chi connectivity index (χ2v) is 2.54. The van der Waals surface area contributed by atoms with Gasteiger partial charge in [-0.1, -0.05) is 6.92 Å². The molecular formula is C8H13NO2. The van der Waals surface area contributed by atoms with E-state index in [1.54, 1.807) is 6.92 Å².